The lowest BCUT2D eigenvalue weighted by Crippen LogP contribution is -2.47. The number of unbranched alkanes of at least 4 members (excludes halogenated alkanes) is 1. The summed E-state index contributed by atoms with van der Waals surface area (Å²) in [5.74, 6) is 3.86. The molecule has 0 spiro atoms. The minimum absolute atomic E-state index is 0.256. The van der Waals surface area contributed by atoms with E-state index >= 15 is 0 Å². The van der Waals surface area contributed by atoms with Crippen LogP contribution in [0.3, 0.4) is 0 Å². The van der Waals surface area contributed by atoms with E-state index in [1.54, 1.807) is 12.1 Å². The SMILES string of the molecule is CCCCS(=O)c1ccc2c(c1)OCC(C(=C=O)N1CCNCC1)O2. The Balaban J connectivity index is 1.71. The molecule has 7 heteroatoms. The van der Waals surface area contributed by atoms with Gasteiger partial charge in [-0.3, -0.25) is 4.21 Å². The van der Waals surface area contributed by atoms with Gasteiger partial charge in [-0.15, -0.1) is 0 Å². The zero-order chi connectivity index (χ0) is 17.6. The molecule has 2 atom stereocenters. The summed E-state index contributed by atoms with van der Waals surface area (Å²) in [6, 6.07) is 5.37. The van der Waals surface area contributed by atoms with Crippen LogP contribution < -0.4 is 14.8 Å². The van der Waals surface area contributed by atoms with Crippen molar-refractivity contribution in [2.75, 3.05) is 38.5 Å². The average molecular weight is 364 g/mol. The topological polar surface area (TPSA) is 67.9 Å². The van der Waals surface area contributed by atoms with E-state index in [0.29, 0.717) is 22.9 Å². The molecule has 1 saturated heterocycles. The summed E-state index contributed by atoms with van der Waals surface area (Å²) >= 11 is 0. The Labute approximate surface area is 150 Å². The molecular weight excluding hydrogens is 340 g/mol. The fourth-order valence-electron chi connectivity index (χ4n) is 2.96. The number of rotatable bonds is 6. The number of benzene rings is 1. The van der Waals surface area contributed by atoms with Crippen molar-refractivity contribution < 1.29 is 18.5 Å². The van der Waals surface area contributed by atoms with E-state index in [1.807, 2.05) is 16.9 Å². The van der Waals surface area contributed by atoms with Crippen molar-refractivity contribution in [1.29, 1.82) is 0 Å². The minimum Gasteiger partial charge on any atom is -0.485 e. The molecule has 0 saturated carbocycles. The number of hydrogen-bond donors (Lipinski definition) is 1. The summed E-state index contributed by atoms with van der Waals surface area (Å²) in [7, 11) is -1.02. The van der Waals surface area contributed by atoms with Crippen LogP contribution in [0.2, 0.25) is 0 Å². The van der Waals surface area contributed by atoms with Crippen LogP contribution in [0.4, 0.5) is 0 Å². The maximum atomic E-state index is 12.3. The van der Waals surface area contributed by atoms with Crippen molar-refractivity contribution in [1.82, 2.24) is 10.2 Å². The van der Waals surface area contributed by atoms with Gasteiger partial charge in [0, 0.05) is 42.9 Å². The summed E-state index contributed by atoms with van der Waals surface area (Å²) in [4.78, 5) is 14.2. The zero-order valence-corrected chi connectivity index (χ0v) is 15.3. The molecule has 2 heterocycles. The van der Waals surface area contributed by atoms with Gasteiger partial charge in [0.05, 0.1) is 10.8 Å². The first kappa shape index (κ1) is 18.0. The number of hydrogen-bond acceptors (Lipinski definition) is 6. The van der Waals surface area contributed by atoms with Crippen molar-refractivity contribution in [2.45, 2.75) is 30.8 Å². The summed E-state index contributed by atoms with van der Waals surface area (Å²) in [5.41, 5.74) is 0.503. The standard InChI is InChI=1S/C18H24N2O4S/c1-2-3-10-25(22)14-4-5-16-17(11-14)23-13-18(24-16)15(12-21)20-8-6-19-7-9-20/h4-5,11,18-19H,2-3,6-10,13H2,1H3. The van der Waals surface area contributed by atoms with E-state index in [1.165, 1.54) is 0 Å². The first-order valence-electron chi connectivity index (χ1n) is 8.75. The first-order valence-corrected chi connectivity index (χ1v) is 10.1. The number of piperazine rings is 1. The molecule has 0 aliphatic carbocycles. The molecule has 0 bridgehead atoms. The van der Waals surface area contributed by atoms with E-state index < -0.39 is 16.9 Å². The number of nitrogens with zero attached hydrogens (tertiary/aromatic N) is 1. The van der Waals surface area contributed by atoms with Crippen LogP contribution in [0.15, 0.2) is 28.8 Å². The monoisotopic (exact) mass is 364 g/mol. The van der Waals surface area contributed by atoms with Crippen LogP contribution in [0.5, 0.6) is 11.5 Å². The van der Waals surface area contributed by atoms with Crippen molar-refractivity contribution in [2.24, 2.45) is 0 Å². The molecule has 6 nitrogen and oxygen atoms in total. The minimum atomic E-state index is -1.02. The lowest BCUT2D eigenvalue weighted by atomic mass is 10.2. The third-order valence-corrected chi connectivity index (χ3v) is 5.83. The molecular formula is C18H24N2O4S. The molecule has 0 aromatic heterocycles. The zero-order valence-electron chi connectivity index (χ0n) is 14.5. The Kier molecular flexibility index (Phi) is 6.13. The number of fused-ring (bicyclic) bond motifs is 1. The van der Waals surface area contributed by atoms with E-state index in [2.05, 4.69) is 12.2 Å². The van der Waals surface area contributed by atoms with Crippen LogP contribution in [0.1, 0.15) is 19.8 Å². The van der Waals surface area contributed by atoms with Gasteiger partial charge in [0.15, 0.2) is 17.6 Å². The molecule has 1 aromatic carbocycles. The van der Waals surface area contributed by atoms with Gasteiger partial charge in [-0.2, -0.15) is 0 Å². The van der Waals surface area contributed by atoms with Crippen molar-refractivity contribution in [3.05, 3.63) is 23.9 Å². The number of carbonyl (C=O) groups excluding carboxylic acids is 1. The van der Waals surface area contributed by atoms with Crippen LogP contribution in [0, 0.1) is 0 Å². The highest BCUT2D eigenvalue weighted by Crippen LogP contribution is 2.35. The molecule has 2 aliphatic heterocycles. The fraction of sp³-hybridized carbons (Fsp3) is 0.556. The van der Waals surface area contributed by atoms with Crippen LogP contribution in [-0.2, 0) is 15.6 Å². The van der Waals surface area contributed by atoms with Gasteiger partial charge in [0.1, 0.15) is 18.2 Å². The predicted molar refractivity (Wildman–Crippen MR) is 96.2 cm³/mol. The lowest BCUT2D eigenvalue weighted by molar-refractivity contribution is 0.0896. The molecule has 0 amide bonds. The van der Waals surface area contributed by atoms with Gasteiger partial charge in [0.25, 0.3) is 0 Å². The molecule has 2 unspecified atom stereocenters. The van der Waals surface area contributed by atoms with Gasteiger partial charge in [-0.25, -0.2) is 4.79 Å². The largest absolute Gasteiger partial charge is 0.485 e. The summed E-state index contributed by atoms with van der Waals surface area (Å²) < 4.78 is 24.0. The second kappa shape index (κ2) is 8.52. The predicted octanol–water partition coefficient (Wildman–Crippen LogP) is 1.35. The summed E-state index contributed by atoms with van der Waals surface area (Å²) in [6.45, 7) is 5.52. The third-order valence-electron chi connectivity index (χ3n) is 4.39. The van der Waals surface area contributed by atoms with Gasteiger partial charge >= 0.3 is 0 Å². The lowest BCUT2D eigenvalue weighted by Gasteiger charge is -2.35. The second-order valence-corrected chi connectivity index (χ2v) is 7.72. The normalized spacial score (nSPS) is 20.7. The average Bonchev–Trinajstić information content (AvgIpc) is 2.67. The molecule has 3 rings (SSSR count). The first-order chi connectivity index (χ1) is 12.2. The highest BCUT2D eigenvalue weighted by atomic mass is 32.2. The third kappa shape index (κ3) is 4.24. The second-order valence-electron chi connectivity index (χ2n) is 6.15. The van der Waals surface area contributed by atoms with Gasteiger partial charge in [-0.05, 0) is 18.6 Å². The smallest absolute Gasteiger partial charge is 0.183 e. The highest BCUT2D eigenvalue weighted by Gasteiger charge is 2.30. The van der Waals surface area contributed by atoms with Gasteiger partial charge < -0.3 is 19.7 Å². The maximum Gasteiger partial charge on any atom is 0.183 e. The maximum absolute atomic E-state index is 12.3. The van der Waals surface area contributed by atoms with E-state index in [4.69, 9.17) is 9.47 Å². The van der Waals surface area contributed by atoms with E-state index in [0.717, 1.165) is 43.9 Å². The Morgan fingerprint density at radius 2 is 2.16 bits per heavy atom. The van der Waals surface area contributed by atoms with Gasteiger partial charge in [0.2, 0.25) is 0 Å². The molecule has 0 radical (unpaired) electrons. The van der Waals surface area contributed by atoms with E-state index in [-0.39, 0.29) is 6.61 Å². The van der Waals surface area contributed by atoms with Crippen LogP contribution in [-0.4, -0.2) is 59.7 Å². The van der Waals surface area contributed by atoms with Crippen molar-refractivity contribution >= 4 is 16.7 Å². The highest BCUT2D eigenvalue weighted by molar-refractivity contribution is 7.85. The number of ether oxygens (including phenoxy) is 2. The molecule has 1 fully saturated rings. The summed E-state index contributed by atoms with van der Waals surface area (Å²) in [5, 5.41) is 3.26. The quantitative estimate of drug-likeness (QED) is 0.769. The van der Waals surface area contributed by atoms with Crippen molar-refractivity contribution in [3.63, 3.8) is 0 Å². The van der Waals surface area contributed by atoms with Crippen LogP contribution >= 0.6 is 0 Å². The Morgan fingerprint density at radius 1 is 1.36 bits per heavy atom. The Hall–Kier alpha value is -1.82. The van der Waals surface area contributed by atoms with E-state index in [9.17, 15) is 9.00 Å². The summed E-state index contributed by atoms with van der Waals surface area (Å²) in [6.07, 6.45) is 1.49. The molecule has 1 aromatic rings. The number of nitrogens with one attached hydrogen (secondary N) is 1. The van der Waals surface area contributed by atoms with Crippen molar-refractivity contribution in [3.8, 4) is 11.5 Å². The molecule has 2 aliphatic rings. The Bertz CT molecular complexity index is 682. The van der Waals surface area contributed by atoms with Gasteiger partial charge in [-0.1, -0.05) is 13.3 Å². The fourth-order valence-corrected chi connectivity index (χ4v) is 4.21. The molecule has 1 N–H and O–H groups in total. The Morgan fingerprint density at radius 3 is 2.88 bits per heavy atom. The van der Waals surface area contributed by atoms with Crippen LogP contribution in [0.25, 0.3) is 0 Å². The molecule has 25 heavy (non-hydrogen) atoms. The molecule has 136 valence electrons.